The van der Waals surface area contributed by atoms with Crippen molar-refractivity contribution in [3.8, 4) is 0 Å². The van der Waals surface area contributed by atoms with Gasteiger partial charge < -0.3 is 10.1 Å². The van der Waals surface area contributed by atoms with Crippen LogP contribution in [0.4, 0.5) is 0 Å². The highest BCUT2D eigenvalue weighted by atomic mass is 32.2. The summed E-state index contributed by atoms with van der Waals surface area (Å²) >= 11 is 0. The molecule has 0 bridgehead atoms. The number of ether oxygens (including phenoxy) is 1. The molecule has 0 rings (SSSR count). The minimum atomic E-state index is -0.763. The molecule has 0 aromatic heterocycles. The van der Waals surface area contributed by atoms with Gasteiger partial charge in [0, 0.05) is 34.4 Å². The van der Waals surface area contributed by atoms with E-state index >= 15 is 0 Å². The van der Waals surface area contributed by atoms with E-state index < -0.39 is 10.8 Å². The second-order valence-electron chi connectivity index (χ2n) is 3.68. The molecule has 16 heavy (non-hydrogen) atoms. The van der Waals surface area contributed by atoms with Gasteiger partial charge in [-0.3, -0.25) is 4.21 Å². The largest absolute Gasteiger partial charge is 0.466 e. The van der Waals surface area contributed by atoms with E-state index in [0.717, 1.165) is 13.0 Å². The molecular formula is C11H21NO3S. The van der Waals surface area contributed by atoms with Crippen molar-refractivity contribution >= 4 is 16.8 Å². The fourth-order valence-corrected chi connectivity index (χ4v) is 1.49. The molecule has 0 saturated carbocycles. The van der Waals surface area contributed by atoms with Crippen LogP contribution in [0.2, 0.25) is 0 Å². The lowest BCUT2D eigenvalue weighted by Gasteiger charge is -2.07. The molecule has 1 N–H and O–H groups in total. The summed E-state index contributed by atoms with van der Waals surface area (Å²) in [7, 11) is 0.604. The van der Waals surface area contributed by atoms with Crippen LogP contribution in [-0.4, -0.2) is 41.9 Å². The van der Waals surface area contributed by atoms with E-state index in [2.05, 4.69) is 10.1 Å². The minimum absolute atomic E-state index is 0.207. The molecule has 94 valence electrons. The number of methoxy groups -OCH3 is 1. The van der Waals surface area contributed by atoms with Crippen LogP contribution in [0.5, 0.6) is 0 Å². The minimum Gasteiger partial charge on any atom is -0.466 e. The highest BCUT2D eigenvalue weighted by Gasteiger charge is 2.05. The molecule has 2 unspecified atom stereocenters. The number of esters is 1. The fraction of sp³-hybridized carbons (Fsp3) is 0.727. The van der Waals surface area contributed by atoms with Gasteiger partial charge in [0.25, 0.3) is 0 Å². The summed E-state index contributed by atoms with van der Waals surface area (Å²) in [6.07, 6.45) is 4.37. The Hall–Kier alpha value is -0.680. The molecule has 0 radical (unpaired) electrons. The Kier molecular flexibility index (Phi) is 8.11. The van der Waals surface area contributed by atoms with Gasteiger partial charge >= 0.3 is 5.97 Å². The predicted octanol–water partition coefficient (Wildman–Crippen LogP) is 0.852. The molecular weight excluding hydrogens is 226 g/mol. The Bertz CT molecular complexity index is 276. The van der Waals surface area contributed by atoms with Crippen LogP contribution in [0.25, 0.3) is 0 Å². The molecule has 0 saturated heterocycles. The lowest BCUT2D eigenvalue weighted by Crippen LogP contribution is -2.21. The third-order valence-corrected chi connectivity index (χ3v) is 3.72. The summed E-state index contributed by atoms with van der Waals surface area (Å²) in [6.45, 7) is 5.11. The first-order chi connectivity index (χ1) is 7.49. The maximum absolute atomic E-state index is 11.1. The highest BCUT2D eigenvalue weighted by Crippen LogP contribution is 1.97. The zero-order valence-electron chi connectivity index (χ0n) is 10.4. The molecule has 0 aliphatic carbocycles. The van der Waals surface area contributed by atoms with Crippen molar-refractivity contribution in [2.45, 2.75) is 25.5 Å². The fourth-order valence-electron chi connectivity index (χ4n) is 1.04. The van der Waals surface area contributed by atoms with E-state index in [0.29, 0.717) is 12.1 Å². The maximum Gasteiger partial charge on any atom is 0.333 e. The normalized spacial score (nSPS) is 15.6. The third kappa shape index (κ3) is 6.74. The van der Waals surface area contributed by atoms with E-state index in [9.17, 15) is 9.00 Å². The van der Waals surface area contributed by atoms with E-state index in [-0.39, 0.29) is 11.2 Å². The van der Waals surface area contributed by atoms with E-state index in [1.807, 2.05) is 6.92 Å². The predicted molar refractivity (Wildman–Crippen MR) is 66.8 cm³/mol. The van der Waals surface area contributed by atoms with Gasteiger partial charge in [0.2, 0.25) is 0 Å². The Morgan fingerprint density at radius 1 is 1.56 bits per heavy atom. The molecule has 0 amide bonds. The van der Waals surface area contributed by atoms with Gasteiger partial charge in [0.05, 0.1) is 7.11 Å². The van der Waals surface area contributed by atoms with Crippen LogP contribution < -0.4 is 5.32 Å². The number of hydrogen-bond acceptors (Lipinski definition) is 4. The Morgan fingerprint density at radius 3 is 2.69 bits per heavy atom. The monoisotopic (exact) mass is 247 g/mol. The number of rotatable bonds is 7. The molecule has 0 fully saturated rings. The SMILES string of the molecule is COC(=O)C(C)=CCNCCC(C)S(C)=O. The first kappa shape index (κ1) is 15.3. The number of carbonyl (C=O) groups excluding carboxylic acids is 1. The second-order valence-corrected chi connectivity index (χ2v) is 5.48. The van der Waals surface area contributed by atoms with Gasteiger partial charge in [0.1, 0.15) is 0 Å². The zero-order chi connectivity index (χ0) is 12.6. The van der Waals surface area contributed by atoms with E-state index in [1.54, 1.807) is 19.3 Å². The molecule has 4 nitrogen and oxygen atoms in total. The topological polar surface area (TPSA) is 55.4 Å². The molecule has 0 spiro atoms. The number of hydrogen-bond donors (Lipinski definition) is 1. The molecule has 0 aromatic carbocycles. The van der Waals surface area contributed by atoms with Crippen molar-refractivity contribution in [1.29, 1.82) is 0 Å². The van der Waals surface area contributed by atoms with Gasteiger partial charge in [0.15, 0.2) is 0 Å². The highest BCUT2D eigenvalue weighted by molar-refractivity contribution is 7.84. The van der Waals surface area contributed by atoms with E-state index in [1.165, 1.54) is 7.11 Å². The van der Waals surface area contributed by atoms with Crippen molar-refractivity contribution < 1.29 is 13.7 Å². The second kappa shape index (κ2) is 8.47. The Balaban J connectivity index is 3.68. The molecule has 0 heterocycles. The van der Waals surface area contributed by atoms with Gasteiger partial charge in [-0.05, 0) is 19.9 Å². The lowest BCUT2D eigenvalue weighted by molar-refractivity contribution is -0.136. The van der Waals surface area contributed by atoms with Crippen molar-refractivity contribution in [1.82, 2.24) is 5.32 Å². The first-order valence-corrected chi connectivity index (χ1v) is 6.89. The van der Waals surface area contributed by atoms with Crippen molar-refractivity contribution in [3.05, 3.63) is 11.6 Å². The zero-order valence-corrected chi connectivity index (χ0v) is 11.2. The summed E-state index contributed by atoms with van der Waals surface area (Å²) in [6, 6.07) is 0. The molecule has 0 aliphatic heterocycles. The van der Waals surface area contributed by atoms with E-state index in [4.69, 9.17) is 0 Å². The average Bonchev–Trinajstić information content (AvgIpc) is 2.26. The molecule has 2 atom stereocenters. The van der Waals surface area contributed by atoms with Crippen LogP contribution in [-0.2, 0) is 20.3 Å². The van der Waals surface area contributed by atoms with Crippen molar-refractivity contribution in [2.75, 3.05) is 26.5 Å². The Labute approximate surface area is 99.9 Å². The van der Waals surface area contributed by atoms with Crippen LogP contribution in [0.3, 0.4) is 0 Å². The van der Waals surface area contributed by atoms with Gasteiger partial charge in [-0.1, -0.05) is 13.0 Å². The average molecular weight is 247 g/mol. The van der Waals surface area contributed by atoms with Gasteiger partial charge in [-0.2, -0.15) is 0 Å². The summed E-state index contributed by atoms with van der Waals surface area (Å²) < 4.78 is 15.6. The third-order valence-electron chi connectivity index (χ3n) is 2.35. The summed E-state index contributed by atoms with van der Waals surface area (Å²) in [5.74, 6) is -0.301. The van der Waals surface area contributed by atoms with Crippen LogP contribution >= 0.6 is 0 Å². The number of nitrogens with one attached hydrogen (secondary N) is 1. The maximum atomic E-state index is 11.1. The lowest BCUT2D eigenvalue weighted by atomic mass is 10.3. The standard InChI is InChI=1S/C11H21NO3S/c1-9(11(13)15-3)5-7-12-8-6-10(2)16(4)14/h5,10,12H,6-8H2,1-4H3. The first-order valence-electron chi connectivity index (χ1n) is 5.27. The smallest absolute Gasteiger partial charge is 0.333 e. The summed E-state index contributed by atoms with van der Waals surface area (Å²) in [5, 5.41) is 3.37. The molecule has 0 aliphatic rings. The number of carbonyl (C=O) groups is 1. The molecule has 0 aromatic rings. The van der Waals surface area contributed by atoms with Crippen LogP contribution in [0.15, 0.2) is 11.6 Å². The summed E-state index contributed by atoms with van der Waals surface area (Å²) in [4.78, 5) is 11.0. The van der Waals surface area contributed by atoms with Crippen molar-refractivity contribution in [2.24, 2.45) is 0 Å². The van der Waals surface area contributed by atoms with Crippen LogP contribution in [0, 0.1) is 0 Å². The van der Waals surface area contributed by atoms with Gasteiger partial charge in [-0.25, -0.2) is 4.79 Å². The quantitative estimate of drug-likeness (QED) is 0.412. The molecule has 5 heteroatoms. The van der Waals surface area contributed by atoms with Crippen molar-refractivity contribution in [3.63, 3.8) is 0 Å². The Morgan fingerprint density at radius 2 is 2.19 bits per heavy atom. The summed E-state index contributed by atoms with van der Waals surface area (Å²) in [5.41, 5.74) is 0.599. The van der Waals surface area contributed by atoms with Gasteiger partial charge in [-0.15, -0.1) is 0 Å². The van der Waals surface area contributed by atoms with Crippen LogP contribution in [0.1, 0.15) is 20.3 Å².